The number of para-hydroxylation sites is 1. The van der Waals surface area contributed by atoms with E-state index in [1.165, 1.54) is 19.2 Å². The van der Waals surface area contributed by atoms with Crippen molar-refractivity contribution in [1.29, 1.82) is 5.26 Å². The third-order valence-corrected chi connectivity index (χ3v) is 4.73. The normalized spacial score (nSPS) is 11.1. The number of hydrogen-bond acceptors (Lipinski definition) is 5. The second kappa shape index (κ2) is 9.66. The van der Waals surface area contributed by atoms with Gasteiger partial charge in [0.2, 0.25) is 0 Å². The number of halogens is 1. The molecule has 0 spiro atoms. The van der Waals surface area contributed by atoms with Crippen LogP contribution in [-0.4, -0.2) is 29.6 Å². The van der Waals surface area contributed by atoms with Gasteiger partial charge in [-0.05, 0) is 54.1 Å². The third kappa shape index (κ3) is 5.17. The van der Waals surface area contributed by atoms with Crippen molar-refractivity contribution in [2.75, 3.05) is 19.0 Å². The molecule has 0 aliphatic heterocycles. The zero-order chi connectivity index (χ0) is 23.2. The summed E-state index contributed by atoms with van der Waals surface area (Å²) in [6.45, 7) is -0.195. The summed E-state index contributed by atoms with van der Waals surface area (Å²) in [6, 6.07) is 20.4. The number of carbonyl (C=O) groups is 1. The minimum atomic E-state index is -0.391. The first-order valence-electron chi connectivity index (χ1n) is 9.99. The number of rotatable bonds is 7. The summed E-state index contributed by atoms with van der Waals surface area (Å²) < 4.78 is 24.4. The molecule has 7 nitrogen and oxygen atoms in total. The maximum atomic E-state index is 13.4. The minimum Gasteiger partial charge on any atom is -0.493 e. The standard InChI is InChI=1S/C25H19FN4O3/c1-32-23-12-16(7-10-22(23)33-15-24(31)28-19-5-3-2-4-6-19)11-17(14-27)25-29-20-9-8-18(26)13-21(20)30-25/h2-13H,15H2,1H3,(H,28,31)(H,29,30)/b17-11-. The zero-order valence-electron chi connectivity index (χ0n) is 17.6. The van der Waals surface area contributed by atoms with Gasteiger partial charge < -0.3 is 19.8 Å². The maximum absolute atomic E-state index is 13.4. The molecule has 1 aromatic heterocycles. The SMILES string of the molecule is COc1cc(/C=C(/C#N)c2nc3ccc(F)cc3[nH]2)ccc1OCC(=O)Nc1ccccc1. The Kier molecular flexibility index (Phi) is 6.32. The Hall–Kier alpha value is -4.64. The summed E-state index contributed by atoms with van der Waals surface area (Å²) in [4.78, 5) is 19.4. The fourth-order valence-electron chi connectivity index (χ4n) is 3.18. The molecule has 0 radical (unpaired) electrons. The van der Waals surface area contributed by atoms with Gasteiger partial charge in [-0.3, -0.25) is 4.79 Å². The van der Waals surface area contributed by atoms with Crippen LogP contribution in [0.2, 0.25) is 0 Å². The average molecular weight is 442 g/mol. The van der Waals surface area contributed by atoms with E-state index in [4.69, 9.17) is 9.47 Å². The van der Waals surface area contributed by atoms with E-state index in [2.05, 4.69) is 21.4 Å². The van der Waals surface area contributed by atoms with E-state index in [0.717, 1.165) is 0 Å². The molecule has 0 bridgehead atoms. The first-order valence-corrected chi connectivity index (χ1v) is 9.99. The van der Waals surface area contributed by atoms with Crippen molar-refractivity contribution in [3.05, 3.63) is 83.9 Å². The van der Waals surface area contributed by atoms with Crippen LogP contribution >= 0.6 is 0 Å². The predicted molar refractivity (Wildman–Crippen MR) is 123 cm³/mol. The van der Waals surface area contributed by atoms with Crippen LogP contribution in [0, 0.1) is 17.1 Å². The summed E-state index contributed by atoms with van der Waals surface area (Å²) in [5.41, 5.74) is 2.67. The number of nitrogens with zero attached hydrogens (tertiary/aromatic N) is 2. The largest absolute Gasteiger partial charge is 0.493 e. The number of ether oxygens (including phenoxy) is 2. The van der Waals surface area contributed by atoms with Crippen molar-refractivity contribution in [3.8, 4) is 17.6 Å². The molecule has 164 valence electrons. The van der Waals surface area contributed by atoms with Crippen molar-refractivity contribution in [2.24, 2.45) is 0 Å². The van der Waals surface area contributed by atoms with Gasteiger partial charge in [-0.25, -0.2) is 9.37 Å². The number of aromatic amines is 1. The first kappa shape index (κ1) is 21.6. The number of carbonyl (C=O) groups excluding carboxylic acids is 1. The average Bonchev–Trinajstić information content (AvgIpc) is 3.25. The number of imidazole rings is 1. The molecule has 1 amide bonds. The summed E-state index contributed by atoms with van der Waals surface area (Å²) in [6.07, 6.45) is 1.63. The molecule has 8 heteroatoms. The van der Waals surface area contributed by atoms with Gasteiger partial charge in [0.1, 0.15) is 17.7 Å². The quantitative estimate of drug-likeness (QED) is 0.401. The molecule has 0 aliphatic rings. The zero-order valence-corrected chi connectivity index (χ0v) is 17.6. The number of benzene rings is 3. The molecule has 3 aromatic carbocycles. The van der Waals surface area contributed by atoms with Crippen molar-refractivity contribution >= 4 is 34.3 Å². The Bertz CT molecular complexity index is 1370. The molecule has 2 N–H and O–H groups in total. The van der Waals surface area contributed by atoms with Crippen LogP contribution in [0.5, 0.6) is 11.5 Å². The van der Waals surface area contributed by atoms with E-state index in [1.54, 1.807) is 42.5 Å². The van der Waals surface area contributed by atoms with Crippen molar-refractivity contribution in [3.63, 3.8) is 0 Å². The first-order chi connectivity index (χ1) is 16.1. The molecule has 0 unspecified atom stereocenters. The molecule has 33 heavy (non-hydrogen) atoms. The molecular weight excluding hydrogens is 423 g/mol. The van der Waals surface area contributed by atoms with Crippen LogP contribution in [0.15, 0.2) is 66.7 Å². The van der Waals surface area contributed by atoms with Crippen LogP contribution in [0.1, 0.15) is 11.4 Å². The fraction of sp³-hybridized carbons (Fsp3) is 0.0800. The monoisotopic (exact) mass is 442 g/mol. The van der Waals surface area contributed by atoms with Crippen molar-refractivity contribution in [1.82, 2.24) is 9.97 Å². The lowest BCUT2D eigenvalue weighted by molar-refractivity contribution is -0.118. The van der Waals surface area contributed by atoms with E-state index in [-0.39, 0.29) is 18.1 Å². The van der Waals surface area contributed by atoms with Gasteiger partial charge in [0.05, 0.1) is 23.7 Å². The minimum absolute atomic E-state index is 0.195. The summed E-state index contributed by atoms with van der Waals surface area (Å²) in [5, 5.41) is 12.4. The van der Waals surface area contributed by atoms with Crippen LogP contribution in [0.4, 0.5) is 10.1 Å². The highest BCUT2D eigenvalue weighted by molar-refractivity contribution is 5.92. The summed E-state index contributed by atoms with van der Waals surface area (Å²) in [5.74, 6) is 0.420. The van der Waals surface area contributed by atoms with Crippen LogP contribution in [-0.2, 0) is 4.79 Å². The van der Waals surface area contributed by atoms with Gasteiger partial charge in [0, 0.05) is 5.69 Å². The van der Waals surface area contributed by atoms with Gasteiger partial charge in [-0.15, -0.1) is 0 Å². The van der Waals surface area contributed by atoms with E-state index < -0.39 is 5.82 Å². The van der Waals surface area contributed by atoms with Gasteiger partial charge in [0.25, 0.3) is 5.91 Å². The van der Waals surface area contributed by atoms with Crippen LogP contribution in [0.3, 0.4) is 0 Å². The number of allylic oxidation sites excluding steroid dienone is 1. The van der Waals surface area contributed by atoms with Crippen molar-refractivity contribution in [2.45, 2.75) is 0 Å². The summed E-state index contributed by atoms with van der Waals surface area (Å²) in [7, 11) is 1.48. The smallest absolute Gasteiger partial charge is 0.262 e. The Balaban J connectivity index is 1.50. The Morgan fingerprint density at radius 1 is 1.15 bits per heavy atom. The topological polar surface area (TPSA) is 100 Å². The number of H-pyrrole nitrogens is 1. The third-order valence-electron chi connectivity index (χ3n) is 4.73. The molecule has 0 atom stereocenters. The Labute approximate surface area is 189 Å². The highest BCUT2D eigenvalue weighted by Gasteiger charge is 2.12. The van der Waals surface area contributed by atoms with Gasteiger partial charge >= 0.3 is 0 Å². The number of aromatic nitrogens is 2. The molecule has 4 aromatic rings. The van der Waals surface area contributed by atoms with Crippen molar-refractivity contribution < 1.29 is 18.7 Å². The van der Waals surface area contributed by atoms with Crippen LogP contribution in [0.25, 0.3) is 22.7 Å². The van der Waals surface area contributed by atoms with E-state index >= 15 is 0 Å². The second-order valence-electron chi connectivity index (χ2n) is 7.03. The number of nitriles is 1. The lowest BCUT2D eigenvalue weighted by atomic mass is 10.1. The molecule has 0 saturated carbocycles. The highest BCUT2D eigenvalue weighted by Crippen LogP contribution is 2.30. The number of anilines is 1. The number of amides is 1. The molecule has 0 fully saturated rings. The van der Waals surface area contributed by atoms with Gasteiger partial charge in [-0.1, -0.05) is 24.3 Å². The molecule has 0 saturated heterocycles. The number of methoxy groups -OCH3 is 1. The van der Waals surface area contributed by atoms with Gasteiger partial charge in [0.15, 0.2) is 18.1 Å². The molecular formula is C25H19FN4O3. The molecule has 1 heterocycles. The second-order valence-corrected chi connectivity index (χ2v) is 7.03. The van der Waals surface area contributed by atoms with E-state index in [0.29, 0.717) is 39.6 Å². The predicted octanol–water partition coefficient (Wildman–Crippen LogP) is 4.79. The highest BCUT2D eigenvalue weighted by atomic mass is 19.1. The fourth-order valence-corrected chi connectivity index (χ4v) is 3.18. The van der Waals surface area contributed by atoms with Crippen LogP contribution < -0.4 is 14.8 Å². The lowest BCUT2D eigenvalue weighted by Gasteiger charge is -2.11. The lowest BCUT2D eigenvalue weighted by Crippen LogP contribution is -2.20. The molecule has 0 aliphatic carbocycles. The molecule has 4 rings (SSSR count). The van der Waals surface area contributed by atoms with E-state index in [9.17, 15) is 14.4 Å². The van der Waals surface area contributed by atoms with Gasteiger partial charge in [-0.2, -0.15) is 5.26 Å². The Morgan fingerprint density at radius 3 is 2.73 bits per heavy atom. The van der Waals surface area contributed by atoms with E-state index in [1.807, 2.05) is 18.2 Å². The number of nitrogens with one attached hydrogen (secondary N) is 2. The Morgan fingerprint density at radius 2 is 1.97 bits per heavy atom. The number of hydrogen-bond donors (Lipinski definition) is 2. The maximum Gasteiger partial charge on any atom is 0.262 e. The summed E-state index contributed by atoms with van der Waals surface area (Å²) >= 11 is 0. The number of fused-ring (bicyclic) bond motifs is 1.